The summed E-state index contributed by atoms with van der Waals surface area (Å²) in [6.07, 6.45) is 3.91. The molecule has 0 spiro atoms. The van der Waals surface area contributed by atoms with Gasteiger partial charge in [0.05, 0.1) is 13.2 Å². The van der Waals surface area contributed by atoms with E-state index in [0.717, 1.165) is 48.1 Å². The third-order valence-electron chi connectivity index (χ3n) is 6.10. The van der Waals surface area contributed by atoms with E-state index in [4.69, 9.17) is 4.74 Å². The van der Waals surface area contributed by atoms with Crippen LogP contribution in [0.1, 0.15) is 47.3 Å². The number of nitrogens with zero attached hydrogens (tertiary/aromatic N) is 2. The van der Waals surface area contributed by atoms with Crippen LogP contribution in [0.25, 0.3) is 10.9 Å². The second-order valence-corrected chi connectivity index (χ2v) is 7.95. The first-order chi connectivity index (χ1) is 13.6. The minimum Gasteiger partial charge on any atom is -0.365 e. The van der Waals surface area contributed by atoms with E-state index in [1.165, 1.54) is 12.8 Å². The Balaban J connectivity index is 1.53. The molecule has 0 radical (unpaired) electrons. The Morgan fingerprint density at radius 3 is 2.54 bits per heavy atom. The summed E-state index contributed by atoms with van der Waals surface area (Å²) in [5.74, 6) is 0.0101. The second-order valence-electron chi connectivity index (χ2n) is 7.95. The molecule has 2 fully saturated rings. The highest BCUT2D eigenvalue weighted by Gasteiger charge is 2.33. The zero-order chi connectivity index (χ0) is 19.7. The van der Waals surface area contributed by atoms with Crippen molar-refractivity contribution < 1.29 is 14.3 Å². The number of H-pyrrole nitrogens is 1. The molecule has 6 nitrogen and oxygen atoms in total. The van der Waals surface area contributed by atoms with E-state index in [1.54, 1.807) is 4.90 Å². The van der Waals surface area contributed by atoms with Gasteiger partial charge in [-0.2, -0.15) is 0 Å². The van der Waals surface area contributed by atoms with Crippen molar-refractivity contribution in [2.75, 3.05) is 32.8 Å². The molecule has 1 unspecified atom stereocenters. The number of hydrogen-bond donors (Lipinski definition) is 1. The Labute approximate surface area is 165 Å². The van der Waals surface area contributed by atoms with Crippen molar-refractivity contribution in [3.63, 3.8) is 0 Å². The highest BCUT2D eigenvalue weighted by Crippen LogP contribution is 2.26. The Morgan fingerprint density at radius 1 is 1.04 bits per heavy atom. The maximum atomic E-state index is 13.3. The normalized spacial score (nSPS) is 21.0. The Kier molecular flexibility index (Phi) is 5.40. The van der Waals surface area contributed by atoms with E-state index >= 15 is 0 Å². The van der Waals surface area contributed by atoms with Gasteiger partial charge in [-0.15, -0.1) is 0 Å². The fraction of sp³-hybridized carbons (Fsp3) is 0.545. The number of benzene rings is 1. The topological polar surface area (TPSA) is 65.6 Å². The number of nitrogens with one attached hydrogen (secondary N) is 1. The minimum absolute atomic E-state index is 0.0235. The van der Waals surface area contributed by atoms with Gasteiger partial charge in [-0.05, 0) is 44.4 Å². The fourth-order valence-corrected chi connectivity index (χ4v) is 4.37. The quantitative estimate of drug-likeness (QED) is 0.867. The molecule has 2 aromatic rings. The first-order valence-corrected chi connectivity index (χ1v) is 10.3. The third kappa shape index (κ3) is 3.53. The predicted molar refractivity (Wildman–Crippen MR) is 108 cm³/mol. The van der Waals surface area contributed by atoms with Crippen molar-refractivity contribution in [3.8, 4) is 0 Å². The molecule has 1 N–H and O–H groups in total. The van der Waals surface area contributed by atoms with E-state index in [9.17, 15) is 9.59 Å². The third-order valence-corrected chi connectivity index (χ3v) is 6.10. The summed E-state index contributed by atoms with van der Waals surface area (Å²) in [4.78, 5) is 33.3. The fourth-order valence-electron chi connectivity index (χ4n) is 4.37. The van der Waals surface area contributed by atoms with Gasteiger partial charge in [0, 0.05) is 41.8 Å². The van der Waals surface area contributed by atoms with Crippen LogP contribution in [-0.2, 0) is 9.53 Å². The summed E-state index contributed by atoms with van der Waals surface area (Å²) in [7, 11) is 0. The van der Waals surface area contributed by atoms with Crippen LogP contribution in [0.4, 0.5) is 0 Å². The van der Waals surface area contributed by atoms with E-state index in [0.29, 0.717) is 25.3 Å². The number of likely N-dealkylation sites (tertiary alicyclic amines) is 1. The van der Waals surface area contributed by atoms with E-state index in [1.807, 2.05) is 36.9 Å². The van der Waals surface area contributed by atoms with Crippen LogP contribution in [-0.4, -0.2) is 65.5 Å². The van der Waals surface area contributed by atoms with E-state index < -0.39 is 6.10 Å². The lowest BCUT2D eigenvalue weighted by molar-refractivity contribution is -0.148. The lowest BCUT2D eigenvalue weighted by Gasteiger charge is -2.35. The number of aromatic amines is 1. The molecule has 0 saturated carbocycles. The van der Waals surface area contributed by atoms with Crippen LogP contribution >= 0.6 is 0 Å². The van der Waals surface area contributed by atoms with Gasteiger partial charge in [-0.25, -0.2) is 0 Å². The predicted octanol–water partition coefficient (Wildman–Crippen LogP) is 3.03. The molecule has 3 heterocycles. The summed E-state index contributed by atoms with van der Waals surface area (Å²) < 4.78 is 5.77. The highest BCUT2D eigenvalue weighted by atomic mass is 16.5. The average molecular weight is 383 g/mol. The molecule has 4 rings (SSSR count). The molecule has 2 aliphatic heterocycles. The van der Waals surface area contributed by atoms with Crippen molar-refractivity contribution in [2.24, 2.45) is 0 Å². The van der Waals surface area contributed by atoms with Gasteiger partial charge < -0.3 is 19.5 Å². The van der Waals surface area contributed by atoms with E-state index in [-0.39, 0.29) is 11.8 Å². The van der Waals surface area contributed by atoms with Gasteiger partial charge in [-0.1, -0.05) is 18.9 Å². The molecule has 1 atom stereocenters. The van der Waals surface area contributed by atoms with Gasteiger partial charge in [0.2, 0.25) is 0 Å². The van der Waals surface area contributed by atoms with Gasteiger partial charge in [0.15, 0.2) is 6.10 Å². The van der Waals surface area contributed by atoms with Gasteiger partial charge in [0.1, 0.15) is 0 Å². The highest BCUT2D eigenvalue weighted by molar-refractivity contribution is 6.08. The van der Waals surface area contributed by atoms with Gasteiger partial charge in [-0.3, -0.25) is 9.59 Å². The molecule has 1 aromatic carbocycles. The summed E-state index contributed by atoms with van der Waals surface area (Å²) in [6, 6.07) is 5.79. The molecule has 2 amide bonds. The average Bonchev–Trinajstić information content (AvgIpc) is 2.91. The number of hydrogen-bond acceptors (Lipinski definition) is 3. The van der Waals surface area contributed by atoms with Crippen molar-refractivity contribution in [3.05, 3.63) is 35.0 Å². The minimum atomic E-state index is -0.552. The van der Waals surface area contributed by atoms with Crippen LogP contribution in [0.15, 0.2) is 18.2 Å². The monoisotopic (exact) mass is 383 g/mol. The Bertz CT molecular complexity index is 881. The van der Waals surface area contributed by atoms with E-state index in [2.05, 4.69) is 4.98 Å². The number of ether oxygens (including phenoxy) is 1. The number of morpholine rings is 1. The number of rotatable bonds is 2. The van der Waals surface area contributed by atoms with Crippen molar-refractivity contribution in [1.29, 1.82) is 0 Å². The molecular weight excluding hydrogens is 354 g/mol. The first-order valence-electron chi connectivity index (χ1n) is 10.3. The largest absolute Gasteiger partial charge is 0.365 e. The maximum absolute atomic E-state index is 13.3. The standard InChI is InChI=1S/C22H29N3O3/c1-15-16(2)23-18-9-7-8-17(20(15)18)21(26)25-12-13-28-19(14-25)22(27)24-10-5-3-4-6-11-24/h7-9,19,23H,3-6,10-14H2,1-2H3. The van der Waals surface area contributed by atoms with Crippen LogP contribution in [0.2, 0.25) is 0 Å². The molecule has 2 aliphatic rings. The number of aryl methyl sites for hydroxylation is 2. The van der Waals surface area contributed by atoms with Crippen LogP contribution in [0.3, 0.4) is 0 Å². The van der Waals surface area contributed by atoms with Crippen LogP contribution in [0, 0.1) is 13.8 Å². The number of carbonyl (C=O) groups excluding carboxylic acids is 2. The van der Waals surface area contributed by atoms with Crippen molar-refractivity contribution in [1.82, 2.24) is 14.8 Å². The van der Waals surface area contributed by atoms with Crippen molar-refractivity contribution >= 4 is 22.7 Å². The number of amides is 2. The molecule has 0 aliphatic carbocycles. The van der Waals surface area contributed by atoms with Crippen LogP contribution < -0.4 is 0 Å². The molecule has 28 heavy (non-hydrogen) atoms. The summed E-state index contributed by atoms with van der Waals surface area (Å²) in [5, 5.41) is 0.979. The molecule has 150 valence electrons. The van der Waals surface area contributed by atoms with Crippen LogP contribution in [0.5, 0.6) is 0 Å². The van der Waals surface area contributed by atoms with Gasteiger partial charge in [0.25, 0.3) is 11.8 Å². The molecule has 6 heteroatoms. The zero-order valence-electron chi connectivity index (χ0n) is 16.8. The maximum Gasteiger partial charge on any atom is 0.254 e. The van der Waals surface area contributed by atoms with Crippen molar-refractivity contribution in [2.45, 2.75) is 45.6 Å². The lowest BCUT2D eigenvalue weighted by Crippen LogP contribution is -2.52. The Morgan fingerprint density at radius 2 is 1.79 bits per heavy atom. The lowest BCUT2D eigenvalue weighted by atomic mass is 10.0. The first kappa shape index (κ1) is 19.0. The summed E-state index contributed by atoms with van der Waals surface area (Å²) >= 11 is 0. The Hall–Kier alpha value is -2.34. The van der Waals surface area contributed by atoms with Gasteiger partial charge >= 0.3 is 0 Å². The number of aromatic nitrogens is 1. The number of fused-ring (bicyclic) bond motifs is 1. The number of carbonyl (C=O) groups is 2. The summed E-state index contributed by atoms with van der Waals surface area (Å²) in [5.41, 5.74) is 3.85. The second kappa shape index (κ2) is 7.95. The SMILES string of the molecule is Cc1[nH]c2cccc(C(=O)N3CCOC(C(=O)N4CCCCCC4)C3)c2c1C. The summed E-state index contributed by atoms with van der Waals surface area (Å²) in [6.45, 7) is 6.90. The molecule has 1 aromatic heterocycles. The molecular formula is C22H29N3O3. The zero-order valence-corrected chi connectivity index (χ0v) is 16.8. The smallest absolute Gasteiger partial charge is 0.254 e. The molecule has 2 saturated heterocycles. The molecule has 0 bridgehead atoms.